The van der Waals surface area contributed by atoms with Crippen LogP contribution < -0.4 is 4.80 Å². The van der Waals surface area contributed by atoms with Crippen LogP contribution in [0.5, 0.6) is 0 Å². The summed E-state index contributed by atoms with van der Waals surface area (Å²) in [6.45, 7) is 7.05. The maximum Gasteiger partial charge on any atom is 0.270 e. The highest BCUT2D eigenvalue weighted by atomic mass is 32.1. The van der Waals surface area contributed by atoms with E-state index in [4.69, 9.17) is 10.1 Å². The molecule has 1 aromatic carbocycles. The van der Waals surface area contributed by atoms with Crippen molar-refractivity contribution in [1.82, 2.24) is 4.68 Å². The van der Waals surface area contributed by atoms with E-state index in [2.05, 4.69) is 26.2 Å². The predicted molar refractivity (Wildman–Crippen MR) is 136 cm³/mol. The second-order valence-electron chi connectivity index (χ2n) is 10.2. The lowest BCUT2D eigenvalue weighted by atomic mass is 9.69. The summed E-state index contributed by atoms with van der Waals surface area (Å²) in [5, 5.41) is 18.5. The van der Waals surface area contributed by atoms with E-state index in [0.717, 1.165) is 47.7 Å². The number of nitro groups is 1. The van der Waals surface area contributed by atoms with Gasteiger partial charge in [0, 0.05) is 28.8 Å². The van der Waals surface area contributed by atoms with Crippen molar-refractivity contribution in [1.29, 1.82) is 0 Å². The Kier molecular flexibility index (Phi) is 7.47. The first kappa shape index (κ1) is 23.9. The van der Waals surface area contributed by atoms with E-state index >= 15 is 0 Å². The molecule has 4 rings (SSSR count). The van der Waals surface area contributed by atoms with Crippen LogP contribution in [-0.4, -0.2) is 21.4 Å². The maximum absolute atomic E-state index is 11.3. The SMILES string of the molecule is CCC(C)(C)C1CCC(=Nn2c(-c3cccc([N+](=O)[O-])c3)csc2=NC2CCCCC2)CC1. The number of benzene rings is 1. The van der Waals surface area contributed by atoms with E-state index in [1.165, 1.54) is 50.3 Å². The van der Waals surface area contributed by atoms with Crippen LogP contribution in [0.3, 0.4) is 0 Å². The summed E-state index contributed by atoms with van der Waals surface area (Å²) >= 11 is 1.60. The largest absolute Gasteiger partial charge is 0.270 e. The highest BCUT2D eigenvalue weighted by Crippen LogP contribution is 2.39. The second kappa shape index (κ2) is 10.3. The molecule has 33 heavy (non-hydrogen) atoms. The van der Waals surface area contributed by atoms with Gasteiger partial charge < -0.3 is 0 Å². The van der Waals surface area contributed by atoms with Crippen molar-refractivity contribution in [2.24, 2.45) is 21.4 Å². The van der Waals surface area contributed by atoms with Crippen molar-refractivity contribution >= 4 is 22.7 Å². The average molecular weight is 469 g/mol. The van der Waals surface area contributed by atoms with Crippen LogP contribution in [0.1, 0.15) is 85.0 Å². The molecule has 2 aliphatic carbocycles. The lowest BCUT2D eigenvalue weighted by Gasteiger charge is -2.36. The molecule has 1 heterocycles. The highest BCUT2D eigenvalue weighted by molar-refractivity contribution is 7.07. The number of aromatic nitrogens is 1. The fraction of sp³-hybridized carbons (Fsp3) is 0.615. The van der Waals surface area contributed by atoms with Gasteiger partial charge in [0.05, 0.1) is 16.7 Å². The standard InChI is InChI=1S/C26H36N4O2S/c1-4-26(2,3)20-13-15-22(16-14-20)28-29-24(19-9-8-12-23(17-19)30(31)32)18-33-25(29)27-21-10-6-5-7-11-21/h8-9,12,17-18,20-21H,4-7,10-11,13-16H2,1-3H3. The van der Waals surface area contributed by atoms with Crippen LogP contribution in [-0.2, 0) is 0 Å². The molecule has 178 valence electrons. The maximum atomic E-state index is 11.3. The monoisotopic (exact) mass is 468 g/mol. The smallest absolute Gasteiger partial charge is 0.258 e. The zero-order valence-electron chi connectivity index (χ0n) is 20.1. The van der Waals surface area contributed by atoms with Gasteiger partial charge in [0.2, 0.25) is 4.80 Å². The molecule has 2 fully saturated rings. The molecular weight excluding hydrogens is 432 g/mol. The third-order valence-electron chi connectivity index (χ3n) is 7.73. The molecule has 0 saturated heterocycles. The molecule has 0 radical (unpaired) electrons. The van der Waals surface area contributed by atoms with Crippen LogP contribution in [0.15, 0.2) is 39.7 Å². The number of thiazole rings is 1. The third-order valence-corrected chi connectivity index (χ3v) is 8.56. The fourth-order valence-corrected chi connectivity index (χ4v) is 5.99. The predicted octanol–water partition coefficient (Wildman–Crippen LogP) is 7.19. The molecule has 0 N–H and O–H groups in total. The Morgan fingerprint density at radius 1 is 1.15 bits per heavy atom. The molecule has 0 bridgehead atoms. The fourth-order valence-electron chi connectivity index (χ4n) is 5.09. The van der Waals surface area contributed by atoms with E-state index in [-0.39, 0.29) is 10.6 Å². The first-order valence-corrected chi connectivity index (χ1v) is 13.3. The Balaban J connectivity index is 1.70. The number of hydrogen-bond donors (Lipinski definition) is 0. The number of rotatable bonds is 6. The van der Waals surface area contributed by atoms with Crippen LogP contribution in [0.4, 0.5) is 5.69 Å². The van der Waals surface area contributed by atoms with Gasteiger partial charge in [0.1, 0.15) is 0 Å². The molecule has 7 heteroatoms. The topological polar surface area (TPSA) is 72.8 Å². The molecule has 2 aromatic rings. The first-order chi connectivity index (χ1) is 15.9. The van der Waals surface area contributed by atoms with E-state index in [0.29, 0.717) is 11.5 Å². The lowest BCUT2D eigenvalue weighted by Crippen LogP contribution is -2.28. The number of nitro benzene ring substituents is 1. The molecule has 6 nitrogen and oxygen atoms in total. The Hall–Kier alpha value is -2.28. The van der Waals surface area contributed by atoms with Crippen molar-refractivity contribution in [3.8, 4) is 11.3 Å². The quantitative estimate of drug-likeness (QED) is 0.332. The molecule has 0 amide bonds. The Bertz CT molecular complexity index is 1070. The molecule has 2 aliphatic rings. The van der Waals surface area contributed by atoms with Gasteiger partial charge in [0.25, 0.3) is 5.69 Å². The molecule has 0 unspecified atom stereocenters. The summed E-state index contributed by atoms with van der Waals surface area (Å²) in [7, 11) is 0. The van der Waals surface area contributed by atoms with Gasteiger partial charge in [-0.05, 0) is 49.9 Å². The van der Waals surface area contributed by atoms with E-state index < -0.39 is 0 Å². The summed E-state index contributed by atoms with van der Waals surface area (Å²) in [5.74, 6) is 0.733. The van der Waals surface area contributed by atoms with E-state index in [1.54, 1.807) is 23.5 Å². The number of non-ortho nitro benzene ring substituents is 1. The minimum atomic E-state index is -0.337. The van der Waals surface area contributed by atoms with E-state index in [9.17, 15) is 10.1 Å². The Morgan fingerprint density at radius 2 is 1.88 bits per heavy atom. The Labute approximate surface area is 200 Å². The van der Waals surface area contributed by atoms with Crippen molar-refractivity contribution < 1.29 is 4.92 Å². The summed E-state index contributed by atoms with van der Waals surface area (Å²) < 4.78 is 1.97. The van der Waals surface area contributed by atoms with Gasteiger partial charge in [-0.15, -0.1) is 11.3 Å². The van der Waals surface area contributed by atoms with Gasteiger partial charge in [-0.25, -0.2) is 4.68 Å². The normalized spacial score (nSPS) is 20.8. The van der Waals surface area contributed by atoms with Crippen molar-refractivity contribution in [3.05, 3.63) is 44.6 Å². The second-order valence-corrected chi connectivity index (χ2v) is 11.1. The molecule has 1 aromatic heterocycles. The van der Waals surface area contributed by atoms with Crippen molar-refractivity contribution in [3.63, 3.8) is 0 Å². The van der Waals surface area contributed by atoms with Crippen LogP contribution in [0.2, 0.25) is 0 Å². The first-order valence-electron chi connectivity index (χ1n) is 12.4. The summed E-state index contributed by atoms with van der Waals surface area (Å²) in [4.78, 5) is 17.0. The van der Waals surface area contributed by atoms with Gasteiger partial charge in [-0.2, -0.15) is 5.10 Å². The number of nitrogens with zero attached hydrogens (tertiary/aromatic N) is 4. The van der Waals surface area contributed by atoms with Gasteiger partial charge >= 0.3 is 0 Å². The summed E-state index contributed by atoms with van der Waals surface area (Å²) in [6, 6.07) is 7.21. The van der Waals surface area contributed by atoms with E-state index in [1.807, 2.05) is 10.7 Å². The Morgan fingerprint density at radius 3 is 2.55 bits per heavy atom. The highest BCUT2D eigenvalue weighted by Gasteiger charge is 2.30. The molecule has 0 aliphatic heterocycles. The average Bonchev–Trinajstić information content (AvgIpc) is 3.22. The lowest BCUT2D eigenvalue weighted by molar-refractivity contribution is -0.384. The third kappa shape index (κ3) is 5.62. The van der Waals surface area contributed by atoms with Gasteiger partial charge in [-0.1, -0.05) is 58.6 Å². The molecular formula is C26H36N4O2S. The van der Waals surface area contributed by atoms with Crippen LogP contribution in [0, 0.1) is 21.4 Å². The zero-order chi connectivity index (χ0) is 23.4. The zero-order valence-corrected chi connectivity index (χ0v) is 20.9. The molecule has 0 atom stereocenters. The molecule has 0 spiro atoms. The minimum absolute atomic E-state index is 0.103. The minimum Gasteiger partial charge on any atom is -0.258 e. The summed E-state index contributed by atoms with van der Waals surface area (Å²) in [6.07, 6.45) is 11.6. The molecule has 2 saturated carbocycles. The van der Waals surface area contributed by atoms with Crippen molar-refractivity contribution in [2.45, 2.75) is 91.0 Å². The number of hydrogen-bond acceptors (Lipinski definition) is 5. The summed E-state index contributed by atoms with van der Waals surface area (Å²) in [5.41, 5.74) is 3.40. The van der Waals surface area contributed by atoms with Gasteiger partial charge in [0.15, 0.2) is 0 Å². The van der Waals surface area contributed by atoms with Crippen LogP contribution >= 0.6 is 11.3 Å². The van der Waals surface area contributed by atoms with Crippen molar-refractivity contribution in [2.75, 3.05) is 0 Å². The van der Waals surface area contributed by atoms with Crippen LogP contribution in [0.25, 0.3) is 11.3 Å². The van der Waals surface area contributed by atoms with Gasteiger partial charge in [-0.3, -0.25) is 15.1 Å².